The fraction of sp³-hybridized carbons (Fsp3) is 0.682. The Morgan fingerprint density at radius 3 is 1.74 bits per heavy atom. The van der Waals surface area contributed by atoms with Crippen molar-refractivity contribution in [3.05, 3.63) is 0 Å². The predicted octanol–water partition coefficient (Wildman–Crippen LogP) is -3.91. The van der Waals surface area contributed by atoms with Crippen LogP contribution in [0.4, 0.5) is 0 Å². The summed E-state index contributed by atoms with van der Waals surface area (Å²) in [7, 11) is 0. The predicted molar refractivity (Wildman–Crippen MR) is 170 cm³/mol. The van der Waals surface area contributed by atoms with E-state index in [2.05, 4.69) is 89.7 Å². The summed E-state index contributed by atoms with van der Waals surface area (Å²) in [6.07, 6.45) is 0.843. The van der Waals surface area contributed by atoms with E-state index >= 15 is 0 Å². The van der Waals surface area contributed by atoms with Crippen molar-refractivity contribution in [2.24, 2.45) is 5.73 Å². The van der Waals surface area contributed by atoms with E-state index in [4.69, 9.17) is 10.8 Å². The van der Waals surface area contributed by atoms with Gasteiger partial charge >= 0.3 is 5.97 Å². The van der Waals surface area contributed by atoms with Crippen LogP contribution in [0.5, 0.6) is 0 Å². The highest BCUT2D eigenvalue weighted by atomic mass is 32.1. The number of nitrogens with one attached hydrogen (secondary N) is 5. The van der Waals surface area contributed by atoms with Gasteiger partial charge in [0, 0.05) is 35.3 Å². The van der Waals surface area contributed by atoms with Crippen LogP contribution in [0.2, 0.25) is 0 Å². The number of likely N-dealkylation sites (tertiary alicyclic amines) is 1. The summed E-state index contributed by atoms with van der Waals surface area (Å²) < 4.78 is 0. The highest BCUT2D eigenvalue weighted by Gasteiger charge is 2.38. The molecule has 20 heteroatoms. The van der Waals surface area contributed by atoms with Crippen molar-refractivity contribution in [2.45, 2.75) is 49.1 Å². The van der Waals surface area contributed by atoms with Crippen molar-refractivity contribution in [3.63, 3.8) is 0 Å². The van der Waals surface area contributed by atoms with Gasteiger partial charge in [0.05, 0.1) is 12.6 Å². The molecule has 1 aliphatic rings. The van der Waals surface area contributed by atoms with Crippen LogP contribution >= 0.6 is 63.1 Å². The number of aliphatic carboxylic acids is 1. The Morgan fingerprint density at radius 2 is 1.24 bits per heavy atom. The Labute approximate surface area is 270 Å². The second kappa shape index (κ2) is 19.3. The standard InChI is InChI=1S/C22H37N7O8S5/c23-10(5-38)17(31)27-13(8-41)21(35)29-3-1-2-15(29)20(34)24-4-16(30)25-11(6-39)18(32)26-12(7-40)19(33)28-14(9-42)22(36)37/h10-15,38-42H,1-9,23H2,(H,24,34)(H,25,30)(H,26,32)(H,27,31)(H,28,33)(H,36,37)/t10-,11-,12-,13-,14-,15-/m0/s1. The number of rotatable bonds is 17. The number of carbonyl (C=O) groups excluding carboxylic acids is 6. The molecule has 6 amide bonds. The van der Waals surface area contributed by atoms with Crippen LogP contribution < -0.4 is 32.3 Å². The van der Waals surface area contributed by atoms with Gasteiger partial charge < -0.3 is 42.3 Å². The number of hydrogen-bond donors (Lipinski definition) is 12. The van der Waals surface area contributed by atoms with Gasteiger partial charge in [-0.15, -0.1) is 0 Å². The minimum Gasteiger partial charge on any atom is -0.480 e. The van der Waals surface area contributed by atoms with Gasteiger partial charge in [-0.3, -0.25) is 28.8 Å². The van der Waals surface area contributed by atoms with E-state index in [-0.39, 0.29) is 35.3 Å². The summed E-state index contributed by atoms with van der Waals surface area (Å²) in [5.41, 5.74) is 5.64. The summed E-state index contributed by atoms with van der Waals surface area (Å²) in [6, 6.07) is -6.55. The molecule has 42 heavy (non-hydrogen) atoms. The quantitative estimate of drug-likeness (QED) is 0.0670. The van der Waals surface area contributed by atoms with Gasteiger partial charge in [0.15, 0.2) is 0 Å². The molecule has 238 valence electrons. The van der Waals surface area contributed by atoms with Gasteiger partial charge in [-0.25, -0.2) is 4.79 Å². The van der Waals surface area contributed by atoms with E-state index in [1.165, 1.54) is 4.90 Å². The lowest BCUT2D eigenvalue weighted by molar-refractivity contribution is -0.141. The molecule has 1 fully saturated rings. The number of carbonyl (C=O) groups is 7. The van der Waals surface area contributed by atoms with E-state index in [9.17, 15) is 33.6 Å². The fourth-order valence-corrected chi connectivity index (χ4v) is 4.87. The fourth-order valence-electron chi connectivity index (χ4n) is 3.70. The summed E-state index contributed by atoms with van der Waals surface area (Å²) in [6.45, 7) is -0.276. The number of nitrogens with two attached hydrogens (primary N) is 1. The van der Waals surface area contributed by atoms with Crippen molar-refractivity contribution < 1.29 is 38.7 Å². The first-order valence-corrected chi connectivity index (χ1v) is 15.8. The maximum atomic E-state index is 13.0. The van der Waals surface area contributed by atoms with Crippen molar-refractivity contribution in [1.29, 1.82) is 0 Å². The lowest BCUT2D eigenvalue weighted by Crippen LogP contribution is -2.58. The molecule has 0 aromatic rings. The van der Waals surface area contributed by atoms with Crippen molar-refractivity contribution >= 4 is 105 Å². The maximum Gasteiger partial charge on any atom is 0.327 e. The first-order valence-electron chi connectivity index (χ1n) is 12.7. The highest BCUT2D eigenvalue weighted by molar-refractivity contribution is 7.81. The summed E-state index contributed by atoms with van der Waals surface area (Å²) >= 11 is 20.0. The molecule has 8 N–H and O–H groups in total. The van der Waals surface area contributed by atoms with E-state index < -0.39 is 84.2 Å². The average molecular weight is 688 g/mol. The van der Waals surface area contributed by atoms with Gasteiger partial charge in [0.1, 0.15) is 30.2 Å². The second-order valence-corrected chi connectivity index (χ2v) is 10.9. The smallest absolute Gasteiger partial charge is 0.327 e. The number of amides is 6. The molecule has 0 aliphatic carbocycles. The number of carboxylic acid groups (broad SMARTS) is 1. The number of carboxylic acids is 1. The summed E-state index contributed by atoms with van der Waals surface area (Å²) in [4.78, 5) is 88.0. The monoisotopic (exact) mass is 687 g/mol. The number of hydrogen-bond acceptors (Lipinski definition) is 13. The minimum atomic E-state index is -1.31. The Bertz CT molecular complexity index is 1010. The van der Waals surface area contributed by atoms with Gasteiger partial charge in [0.2, 0.25) is 35.4 Å². The van der Waals surface area contributed by atoms with Crippen molar-refractivity contribution in [1.82, 2.24) is 31.5 Å². The third kappa shape index (κ3) is 11.6. The Kier molecular flexibility index (Phi) is 17.5. The molecule has 15 nitrogen and oxygen atoms in total. The normalized spacial score (nSPS) is 18.0. The molecule has 0 radical (unpaired) electrons. The Hall–Kier alpha value is -2.00. The molecule has 1 rings (SSSR count). The first-order chi connectivity index (χ1) is 19.8. The van der Waals surface area contributed by atoms with Gasteiger partial charge in [-0.2, -0.15) is 63.1 Å². The van der Waals surface area contributed by atoms with Crippen LogP contribution in [0, 0.1) is 0 Å². The largest absolute Gasteiger partial charge is 0.480 e. The molecule has 0 bridgehead atoms. The lowest BCUT2D eigenvalue weighted by atomic mass is 10.2. The molecule has 1 aliphatic heterocycles. The highest BCUT2D eigenvalue weighted by Crippen LogP contribution is 2.19. The lowest BCUT2D eigenvalue weighted by Gasteiger charge is -2.28. The topological polar surface area (TPSA) is 229 Å². The third-order valence-electron chi connectivity index (χ3n) is 6.04. The van der Waals surface area contributed by atoms with E-state index in [1.807, 2.05) is 0 Å². The number of nitrogens with zero attached hydrogens (tertiary/aromatic N) is 1. The number of thiol groups is 5. The first kappa shape index (κ1) is 38.0. The third-order valence-corrected chi connectivity index (χ3v) is 7.89. The average Bonchev–Trinajstić information content (AvgIpc) is 3.47. The minimum absolute atomic E-state index is 0.0324. The molecule has 1 heterocycles. The Balaban J connectivity index is 2.71. The van der Waals surface area contributed by atoms with Gasteiger partial charge in [0.25, 0.3) is 0 Å². The maximum absolute atomic E-state index is 13.0. The zero-order chi connectivity index (χ0) is 32.0. The van der Waals surface area contributed by atoms with Crippen LogP contribution in [0.15, 0.2) is 0 Å². The molecule has 0 unspecified atom stereocenters. The van der Waals surface area contributed by atoms with E-state index in [1.54, 1.807) is 0 Å². The van der Waals surface area contributed by atoms with Crippen LogP contribution in [-0.4, -0.2) is 130 Å². The molecular weight excluding hydrogens is 651 g/mol. The molecule has 0 saturated carbocycles. The molecule has 0 spiro atoms. The van der Waals surface area contributed by atoms with Gasteiger partial charge in [-0.05, 0) is 12.8 Å². The van der Waals surface area contributed by atoms with Crippen LogP contribution in [0.1, 0.15) is 12.8 Å². The molecular formula is C22H37N7O8S5. The van der Waals surface area contributed by atoms with Crippen LogP contribution in [-0.2, 0) is 33.6 Å². The van der Waals surface area contributed by atoms with E-state index in [0.29, 0.717) is 12.8 Å². The van der Waals surface area contributed by atoms with Crippen molar-refractivity contribution in [2.75, 3.05) is 41.9 Å². The molecule has 0 aromatic heterocycles. The molecule has 0 aromatic carbocycles. The zero-order valence-electron chi connectivity index (χ0n) is 22.4. The SMILES string of the molecule is N[C@@H](CS)C(=O)N[C@@H](CS)C(=O)N1CCC[C@H]1C(=O)NCC(=O)N[C@@H](CS)C(=O)N[C@@H](CS)C(=O)N[C@@H](CS)C(=O)O. The second-order valence-electron chi connectivity index (χ2n) is 9.07. The molecule has 1 saturated heterocycles. The summed E-state index contributed by atoms with van der Waals surface area (Å²) in [5, 5.41) is 21.0. The van der Waals surface area contributed by atoms with Gasteiger partial charge in [-0.1, -0.05) is 0 Å². The Morgan fingerprint density at radius 1 is 0.738 bits per heavy atom. The van der Waals surface area contributed by atoms with Crippen LogP contribution in [0.25, 0.3) is 0 Å². The summed E-state index contributed by atoms with van der Waals surface area (Å²) in [5.74, 6) is -5.85. The van der Waals surface area contributed by atoms with Crippen LogP contribution in [0.3, 0.4) is 0 Å². The zero-order valence-corrected chi connectivity index (χ0v) is 26.9. The van der Waals surface area contributed by atoms with Crippen molar-refractivity contribution in [3.8, 4) is 0 Å². The molecule has 6 atom stereocenters. The van der Waals surface area contributed by atoms with E-state index in [0.717, 1.165) is 0 Å².